The van der Waals surface area contributed by atoms with Crippen LogP contribution < -0.4 is 0 Å². The lowest BCUT2D eigenvalue weighted by Gasteiger charge is -2.06. The van der Waals surface area contributed by atoms with E-state index in [9.17, 15) is 0 Å². The molecule has 18 heavy (non-hydrogen) atoms. The van der Waals surface area contributed by atoms with E-state index in [2.05, 4.69) is 26.0 Å². The third-order valence-electron chi connectivity index (χ3n) is 2.76. The van der Waals surface area contributed by atoms with Crippen molar-refractivity contribution in [3.05, 3.63) is 51.7 Å². The van der Waals surface area contributed by atoms with Crippen LogP contribution >= 0.6 is 27.5 Å². The summed E-state index contributed by atoms with van der Waals surface area (Å²) in [6.45, 7) is 1.99. The molecular formula is C13H9BrClN3. The van der Waals surface area contributed by atoms with Crippen LogP contribution in [0.4, 0.5) is 0 Å². The van der Waals surface area contributed by atoms with E-state index >= 15 is 0 Å². The van der Waals surface area contributed by atoms with Crippen molar-refractivity contribution in [3.63, 3.8) is 0 Å². The summed E-state index contributed by atoms with van der Waals surface area (Å²) >= 11 is 9.65. The van der Waals surface area contributed by atoms with Crippen LogP contribution in [-0.2, 0) is 0 Å². The fraction of sp³-hybridized carbons (Fsp3) is 0.0769. The molecule has 0 unspecified atom stereocenters. The molecule has 0 aliphatic carbocycles. The zero-order valence-corrected chi connectivity index (χ0v) is 11.9. The molecule has 0 fully saturated rings. The largest absolute Gasteiger partial charge is 0.227 e. The molecule has 0 aliphatic rings. The molecule has 2 heterocycles. The summed E-state index contributed by atoms with van der Waals surface area (Å²) < 4.78 is 2.67. The average molecular weight is 323 g/mol. The highest BCUT2D eigenvalue weighted by atomic mass is 79.9. The average Bonchev–Trinajstić information content (AvgIpc) is 2.72. The number of rotatable bonds is 1. The first kappa shape index (κ1) is 11.7. The Hall–Kier alpha value is -1.39. The lowest BCUT2D eigenvalue weighted by molar-refractivity contribution is 0.896. The van der Waals surface area contributed by atoms with Gasteiger partial charge in [-0.15, -0.1) is 0 Å². The normalized spacial score (nSPS) is 11.1. The third-order valence-corrected chi connectivity index (χ3v) is 3.65. The number of benzene rings is 1. The lowest BCUT2D eigenvalue weighted by Crippen LogP contribution is -1.97. The van der Waals surface area contributed by atoms with Crippen LogP contribution in [0.1, 0.15) is 5.69 Å². The molecule has 3 aromatic rings. The van der Waals surface area contributed by atoms with Gasteiger partial charge in [0.2, 0.25) is 0 Å². The van der Waals surface area contributed by atoms with Gasteiger partial charge in [0.05, 0.1) is 16.4 Å². The van der Waals surface area contributed by atoms with Gasteiger partial charge in [-0.2, -0.15) is 5.10 Å². The summed E-state index contributed by atoms with van der Waals surface area (Å²) in [5.74, 6) is 0. The van der Waals surface area contributed by atoms with Crippen LogP contribution in [-0.4, -0.2) is 14.6 Å². The van der Waals surface area contributed by atoms with Crippen LogP contribution in [0.15, 0.2) is 41.0 Å². The minimum absolute atomic E-state index is 0.699. The SMILES string of the molecule is Cc1cc(-c2ccccc2Cl)nc2c(Br)cnn12. The Balaban J connectivity index is 2.31. The van der Waals surface area contributed by atoms with E-state index in [-0.39, 0.29) is 0 Å². The molecule has 5 heteroatoms. The van der Waals surface area contributed by atoms with Crippen LogP contribution in [0.25, 0.3) is 16.9 Å². The first-order chi connectivity index (χ1) is 8.66. The van der Waals surface area contributed by atoms with Gasteiger partial charge in [-0.25, -0.2) is 9.50 Å². The zero-order valence-electron chi connectivity index (χ0n) is 9.56. The van der Waals surface area contributed by atoms with E-state index in [1.165, 1.54) is 0 Å². The summed E-state index contributed by atoms with van der Waals surface area (Å²) in [5.41, 5.74) is 3.59. The number of aromatic nitrogens is 3. The van der Waals surface area contributed by atoms with Crippen molar-refractivity contribution in [2.75, 3.05) is 0 Å². The second-order valence-corrected chi connectivity index (χ2v) is 5.25. The van der Waals surface area contributed by atoms with Crippen LogP contribution in [0.5, 0.6) is 0 Å². The van der Waals surface area contributed by atoms with E-state index in [1.807, 2.05) is 37.3 Å². The van der Waals surface area contributed by atoms with Crippen molar-refractivity contribution in [1.82, 2.24) is 14.6 Å². The second-order valence-electron chi connectivity index (χ2n) is 3.99. The minimum atomic E-state index is 0.699. The van der Waals surface area contributed by atoms with E-state index in [0.717, 1.165) is 27.1 Å². The maximum atomic E-state index is 6.20. The molecule has 3 rings (SSSR count). The van der Waals surface area contributed by atoms with Gasteiger partial charge in [-0.1, -0.05) is 29.8 Å². The van der Waals surface area contributed by atoms with Crippen molar-refractivity contribution in [1.29, 1.82) is 0 Å². The van der Waals surface area contributed by atoms with Gasteiger partial charge in [-0.3, -0.25) is 0 Å². The Morgan fingerprint density at radius 1 is 1.28 bits per heavy atom. The molecule has 0 radical (unpaired) electrons. The molecule has 1 aromatic carbocycles. The number of halogens is 2. The van der Waals surface area contributed by atoms with E-state index in [0.29, 0.717) is 5.02 Å². The number of hydrogen-bond donors (Lipinski definition) is 0. The first-order valence-electron chi connectivity index (χ1n) is 5.42. The summed E-state index contributed by atoms with van der Waals surface area (Å²) in [6.07, 6.45) is 1.74. The molecular weight excluding hydrogens is 314 g/mol. The topological polar surface area (TPSA) is 30.2 Å². The molecule has 0 saturated carbocycles. The predicted molar refractivity (Wildman–Crippen MR) is 75.9 cm³/mol. The fourth-order valence-corrected chi connectivity index (χ4v) is 2.47. The third kappa shape index (κ3) is 1.82. The maximum absolute atomic E-state index is 6.20. The fourth-order valence-electron chi connectivity index (χ4n) is 1.89. The second kappa shape index (κ2) is 4.37. The lowest BCUT2D eigenvalue weighted by atomic mass is 10.1. The Morgan fingerprint density at radius 3 is 2.83 bits per heavy atom. The van der Waals surface area contributed by atoms with Gasteiger partial charge in [-0.05, 0) is 35.0 Å². The molecule has 0 bridgehead atoms. The Bertz CT molecular complexity index is 736. The predicted octanol–water partition coefficient (Wildman–Crippen LogP) is 4.12. The highest BCUT2D eigenvalue weighted by Crippen LogP contribution is 2.28. The number of fused-ring (bicyclic) bond motifs is 1. The maximum Gasteiger partial charge on any atom is 0.170 e. The monoisotopic (exact) mass is 321 g/mol. The van der Waals surface area contributed by atoms with Crippen molar-refractivity contribution < 1.29 is 0 Å². The highest BCUT2D eigenvalue weighted by molar-refractivity contribution is 9.10. The van der Waals surface area contributed by atoms with Gasteiger partial charge >= 0.3 is 0 Å². The van der Waals surface area contributed by atoms with E-state index in [4.69, 9.17) is 11.6 Å². The Kier molecular flexibility index (Phi) is 2.84. The minimum Gasteiger partial charge on any atom is -0.227 e. The summed E-state index contributed by atoms with van der Waals surface area (Å²) in [4.78, 5) is 4.60. The van der Waals surface area contributed by atoms with Gasteiger partial charge in [0.15, 0.2) is 5.65 Å². The highest BCUT2D eigenvalue weighted by Gasteiger charge is 2.10. The van der Waals surface area contributed by atoms with Gasteiger partial charge in [0, 0.05) is 16.3 Å². The quantitative estimate of drug-likeness (QED) is 0.674. The molecule has 90 valence electrons. The first-order valence-corrected chi connectivity index (χ1v) is 6.59. The smallest absolute Gasteiger partial charge is 0.170 e. The Morgan fingerprint density at radius 2 is 2.06 bits per heavy atom. The van der Waals surface area contributed by atoms with E-state index in [1.54, 1.807) is 10.7 Å². The molecule has 0 saturated heterocycles. The molecule has 3 nitrogen and oxygen atoms in total. The van der Waals surface area contributed by atoms with Crippen molar-refractivity contribution in [2.24, 2.45) is 0 Å². The van der Waals surface area contributed by atoms with Crippen molar-refractivity contribution in [2.45, 2.75) is 6.92 Å². The van der Waals surface area contributed by atoms with Crippen LogP contribution in [0, 0.1) is 6.92 Å². The number of nitrogens with zero attached hydrogens (tertiary/aromatic N) is 3. The van der Waals surface area contributed by atoms with Gasteiger partial charge in [0.25, 0.3) is 0 Å². The van der Waals surface area contributed by atoms with Gasteiger partial charge < -0.3 is 0 Å². The van der Waals surface area contributed by atoms with Crippen LogP contribution in [0.2, 0.25) is 5.02 Å². The molecule has 0 aliphatic heterocycles. The van der Waals surface area contributed by atoms with Crippen LogP contribution in [0.3, 0.4) is 0 Å². The number of hydrogen-bond acceptors (Lipinski definition) is 2. The number of aryl methyl sites for hydroxylation is 1. The standard InChI is InChI=1S/C13H9BrClN3/c1-8-6-12(9-4-2-3-5-11(9)15)17-13-10(14)7-16-18(8)13/h2-7H,1H3. The molecule has 0 N–H and O–H groups in total. The molecule has 0 atom stereocenters. The zero-order chi connectivity index (χ0) is 12.7. The Labute approximate surface area is 118 Å². The molecule has 0 spiro atoms. The summed E-state index contributed by atoms with van der Waals surface area (Å²) in [7, 11) is 0. The van der Waals surface area contributed by atoms with E-state index < -0.39 is 0 Å². The molecule has 0 amide bonds. The van der Waals surface area contributed by atoms with Crippen molar-refractivity contribution in [3.8, 4) is 11.3 Å². The van der Waals surface area contributed by atoms with Gasteiger partial charge in [0.1, 0.15) is 0 Å². The summed E-state index contributed by atoms with van der Waals surface area (Å²) in [6, 6.07) is 9.67. The van der Waals surface area contributed by atoms with Crippen molar-refractivity contribution >= 4 is 33.2 Å². The molecule has 2 aromatic heterocycles. The summed E-state index contributed by atoms with van der Waals surface area (Å²) in [5, 5.41) is 4.95.